The highest BCUT2D eigenvalue weighted by molar-refractivity contribution is 7.10. The van der Waals surface area contributed by atoms with Crippen molar-refractivity contribution in [3.63, 3.8) is 0 Å². The van der Waals surface area contributed by atoms with Crippen LogP contribution in [0.15, 0.2) is 41.2 Å². The quantitative estimate of drug-likeness (QED) is 0.619. The fourth-order valence-corrected chi connectivity index (χ4v) is 5.26. The molecule has 31 heavy (non-hydrogen) atoms. The first-order valence-corrected chi connectivity index (χ1v) is 10.5. The first-order valence-electron chi connectivity index (χ1n) is 9.67. The topological polar surface area (TPSA) is 79.2 Å². The Morgan fingerprint density at radius 1 is 1.06 bits per heavy atom. The molecule has 0 bridgehead atoms. The second kappa shape index (κ2) is 7.35. The van der Waals surface area contributed by atoms with Gasteiger partial charge in [0.1, 0.15) is 5.82 Å². The van der Waals surface area contributed by atoms with Gasteiger partial charge in [0, 0.05) is 24.9 Å². The number of rotatable bonds is 4. The highest BCUT2D eigenvalue weighted by Gasteiger charge is 2.40. The van der Waals surface area contributed by atoms with E-state index in [0.717, 1.165) is 21.9 Å². The lowest BCUT2D eigenvalue weighted by atomic mass is 9.89. The second-order valence-corrected chi connectivity index (χ2v) is 8.20. The molecule has 1 amide bonds. The van der Waals surface area contributed by atoms with Gasteiger partial charge in [0.15, 0.2) is 11.5 Å². The van der Waals surface area contributed by atoms with Crippen molar-refractivity contribution in [2.24, 2.45) is 7.05 Å². The number of anilines is 2. The number of hydrogen-bond acceptors (Lipinski definition) is 7. The zero-order chi connectivity index (χ0) is 21.7. The van der Waals surface area contributed by atoms with Crippen LogP contribution in [-0.2, 0) is 11.8 Å². The van der Waals surface area contributed by atoms with E-state index in [1.807, 2.05) is 30.3 Å². The molecule has 2 aliphatic rings. The monoisotopic (exact) mass is 440 g/mol. The Morgan fingerprint density at radius 2 is 1.81 bits per heavy atom. The van der Waals surface area contributed by atoms with Crippen molar-refractivity contribution in [1.82, 2.24) is 4.57 Å². The Balaban J connectivity index is 1.73. The van der Waals surface area contributed by atoms with E-state index in [0.29, 0.717) is 34.4 Å². The third-order valence-corrected chi connectivity index (χ3v) is 6.71. The van der Waals surface area contributed by atoms with Crippen LogP contribution in [-0.4, -0.2) is 31.5 Å². The fourth-order valence-electron chi connectivity index (χ4n) is 4.17. The molecule has 0 aliphatic carbocycles. The van der Waals surface area contributed by atoms with E-state index in [4.69, 9.17) is 18.9 Å². The number of methoxy groups -OCH3 is 2. The zero-order valence-electron chi connectivity index (χ0n) is 17.2. The smallest absolute Gasteiger partial charge is 0.308 e. The van der Waals surface area contributed by atoms with Gasteiger partial charge in [0.25, 0.3) is 0 Å². The number of nitrogens with zero attached hydrogens (tertiary/aromatic N) is 2. The van der Waals surface area contributed by atoms with Crippen molar-refractivity contribution in [2.45, 2.75) is 12.3 Å². The van der Waals surface area contributed by atoms with Crippen LogP contribution in [0.4, 0.5) is 11.5 Å². The first kappa shape index (κ1) is 19.5. The molecule has 0 radical (unpaired) electrons. The third kappa shape index (κ3) is 2.88. The van der Waals surface area contributed by atoms with Gasteiger partial charge in [-0.05, 0) is 18.2 Å². The molecule has 0 unspecified atom stereocenters. The Labute approximate surface area is 182 Å². The number of amides is 1. The van der Waals surface area contributed by atoms with Crippen LogP contribution in [0.3, 0.4) is 0 Å². The number of hydrogen-bond donors (Lipinski definition) is 0. The van der Waals surface area contributed by atoms with Crippen molar-refractivity contribution in [1.29, 1.82) is 0 Å². The van der Waals surface area contributed by atoms with Gasteiger partial charge in [0.05, 0.1) is 24.8 Å². The number of carbonyl (C=O) groups is 1. The third-order valence-electron chi connectivity index (χ3n) is 5.57. The van der Waals surface area contributed by atoms with E-state index >= 15 is 0 Å². The maximum atomic E-state index is 13.4. The molecule has 0 saturated heterocycles. The molecule has 1 atom stereocenters. The van der Waals surface area contributed by atoms with Gasteiger partial charge in [0.2, 0.25) is 24.2 Å². The Bertz CT molecular complexity index is 1230. The second-order valence-electron chi connectivity index (χ2n) is 7.20. The molecule has 2 aromatic carbocycles. The van der Waals surface area contributed by atoms with E-state index in [1.165, 1.54) is 4.57 Å². The molecule has 3 aromatic rings. The highest BCUT2D eigenvalue weighted by Crippen LogP contribution is 2.55. The number of fused-ring (bicyclic) bond motifs is 2. The Kier molecular flexibility index (Phi) is 4.62. The molecule has 9 heteroatoms. The number of benzene rings is 2. The van der Waals surface area contributed by atoms with Crippen LogP contribution in [0.25, 0.3) is 0 Å². The fraction of sp³-hybridized carbons (Fsp3) is 0.273. The minimum atomic E-state index is -0.389. The SMILES string of the molecule is COc1cc([C@@H]2CC(=O)N(c3ccccc3)c3c2sc(=O)n3C)c(OC)c2c1OCO2. The molecule has 0 spiro atoms. The predicted octanol–water partition coefficient (Wildman–Crippen LogP) is 3.39. The summed E-state index contributed by atoms with van der Waals surface area (Å²) >= 11 is 1.13. The Morgan fingerprint density at radius 3 is 2.52 bits per heavy atom. The van der Waals surface area contributed by atoms with E-state index in [1.54, 1.807) is 32.2 Å². The molecule has 3 heterocycles. The summed E-state index contributed by atoms with van der Waals surface area (Å²) in [5.74, 6) is 1.95. The van der Waals surface area contributed by atoms with Crippen molar-refractivity contribution < 1.29 is 23.7 Å². The van der Waals surface area contributed by atoms with Gasteiger partial charge >= 0.3 is 4.87 Å². The van der Waals surface area contributed by atoms with E-state index in [2.05, 4.69) is 0 Å². The summed E-state index contributed by atoms with van der Waals surface area (Å²) in [7, 11) is 4.77. The average molecular weight is 440 g/mol. The number of carbonyl (C=O) groups excluding carboxylic acids is 1. The van der Waals surface area contributed by atoms with Crippen molar-refractivity contribution >= 4 is 28.7 Å². The number of ether oxygens (including phenoxy) is 4. The molecule has 0 fully saturated rings. The van der Waals surface area contributed by atoms with Gasteiger partial charge in [-0.2, -0.15) is 0 Å². The maximum Gasteiger partial charge on any atom is 0.308 e. The molecular formula is C22H20N2O6S. The molecule has 160 valence electrons. The molecule has 8 nitrogen and oxygen atoms in total. The summed E-state index contributed by atoms with van der Waals surface area (Å²) in [4.78, 5) is 28.3. The van der Waals surface area contributed by atoms with Crippen molar-refractivity contribution in [3.8, 4) is 23.0 Å². The van der Waals surface area contributed by atoms with E-state index in [-0.39, 0.29) is 29.9 Å². The lowest BCUT2D eigenvalue weighted by Crippen LogP contribution is -2.34. The number of aromatic nitrogens is 1. The van der Waals surface area contributed by atoms with Crippen LogP contribution in [0.5, 0.6) is 23.0 Å². The number of thiazole rings is 1. The number of para-hydroxylation sites is 1. The van der Waals surface area contributed by atoms with Gasteiger partial charge in [-0.25, -0.2) is 0 Å². The summed E-state index contributed by atoms with van der Waals surface area (Å²) in [6, 6.07) is 11.1. The summed E-state index contributed by atoms with van der Waals surface area (Å²) < 4.78 is 23.9. The molecule has 5 rings (SSSR count). The summed E-state index contributed by atoms with van der Waals surface area (Å²) in [6.45, 7) is 0.0564. The van der Waals surface area contributed by atoms with Crippen molar-refractivity contribution in [3.05, 3.63) is 56.5 Å². The molecule has 1 aromatic heterocycles. The van der Waals surface area contributed by atoms with Crippen LogP contribution in [0, 0.1) is 0 Å². The molecular weight excluding hydrogens is 420 g/mol. The summed E-state index contributed by atoms with van der Waals surface area (Å²) in [5, 5.41) is 0. The minimum Gasteiger partial charge on any atom is -0.493 e. The summed E-state index contributed by atoms with van der Waals surface area (Å²) in [6.07, 6.45) is 0.168. The van der Waals surface area contributed by atoms with Gasteiger partial charge in [-0.3, -0.25) is 19.1 Å². The normalized spacial score (nSPS) is 16.9. The van der Waals surface area contributed by atoms with Crippen LogP contribution >= 0.6 is 11.3 Å². The predicted molar refractivity (Wildman–Crippen MR) is 115 cm³/mol. The standard InChI is InChI=1S/C22H20N2O6S/c1-23-21-20(31-22(23)26)14(10-16(25)24(21)12-7-5-4-6-8-12)13-9-15(27-2)18-19(17(13)28-3)30-11-29-18/h4-9,14H,10-11H2,1-3H3/t14-/m0/s1. The van der Waals surface area contributed by atoms with Gasteiger partial charge in [-0.1, -0.05) is 29.5 Å². The first-order chi connectivity index (χ1) is 15.0. The highest BCUT2D eigenvalue weighted by atomic mass is 32.1. The van der Waals surface area contributed by atoms with Crippen LogP contribution in [0.2, 0.25) is 0 Å². The molecule has 2 aliphatic heterocycles. The van der Waals surface area contributed by atoms with E-state index in [9.17, 15) is 9.59 Å². The lowest BCUT2D eigenvalue weighted by molar-refractivity contribution is -0.118. The van der Waals surface area contributed by atoms with Crippen LogP contribution in [0.1, 0.15) is 22.8 Å². The average Bonchev–Trinajstić information content (AvgIpc) is 3.38. The molecule has 0 N–H and O–H groups in total. The van der Waals surface area contributed by atoms with Crippen LogP contribution < -0.4 is 28.7 Å². The Hall–Kier alpha value is -3.46. The minimum absolute atomic E-state index is 0.0564. The summed E-state index contributed by atoms with van der Waals surface area (Å²) in [5.41, 5.74) is 1.43. The van der Waals surface area contributed by atoms with Crippen molar-refractivity contribution in [2.75, 3.05) is 25.9 Å². The van der Waals surface area contributed by atoms with Gasteiger partial charge < -0.3 is 18.9 Å². The lowest BCUT2D eigenvalue weighted by Gasteiger charge is -2.32. The largest absolute Gasteiger partial charge is 0.493 e. The molecule has 0 saturated carbocycles. The maximum absolute atomic E-state index is 13.4. The van der Waals surface area contributed by atoms with E-state index < -0.39 is 0 Å². The van der Waals surface area contributed by atoms with Gasteiger partial charge in [-0.15, -0.1) is 0 Å². The zero-order valence-corrected chi connectivity index (χ0v) is 18.0.